The zero-order valence-corrected chi connectivity index (χ0v) is 13.0. The Morgan fingerprint density at radius 2 is 2.05 bits per heavy atom. The summed E-state index contributed by atoms with van der Waals surface area (Å²) in [5.74, 6) is 1.18. The first-order valence-electron chi connectivity index (χ1n) is 6.17. The van der Waals surface area contributed by atoms with Gasteiger partial charge in [-0.2, -0.15) is 5.10 Å². The molecule has 5 nitrogen and oxygen atoms in total. The van der Waals surface area contributed by atoms with E-state index in [0.29, 0.717) is 23.2 Å². The van der Waals surface area contributed by atoms with Crippen LogP contribution in [0.4, 0.5) is 5.82 Å². The third kappa shape index (κ3) is 2.05. The molecule has 3 aromatic heterocycles. The first kappa shape index (κ1) is 13.3. The fraction of sp³-hybridized carbons (Fsp3) is 0.308. The SMILES string of the molecule is Cc1sc2nc(Cn3ncc(Cl)c3C)nc(N)c2c1C. The molecule has 0 amide bonds. The van der Waals surface area contributed by atoms with Crippen molar-refractivity contribution in [3.05, 3.63) is 33.2 Å². The van der Waals surface area contributed by atoms with Gasteiger partial charge in [-0.05, 0) is 26.3 Å². The molecule has 0 aliphatic rings. The van der Waals surface area contributed by atoms with Crippen molar-refractivity contribution in [1.82, 2.24) is 19.7 Å². The van der Waals surface area contributed by atoms with Gasteiger partial charge in [0, 0.05) is 4.88 Å². The molecule has 0 spiro atoms. The minimum atomic E-state index is 0.467. The minimum absolute atomic E-state index is 0.467. The minimum Gasteiger partial charge on any atom is -0.383 e. The van der Waals surface area contributed by atoms with E-state index in [4.69, 9.17) is 17.3 Å². The highest BCUT2D eigenvalue weighted by Crippen LogP contribution is 2.31. The topological polar surface area (TPSA) is 69.6 Å². The number of thiophene rings is 1. The van der Waals surface area contributed by atoms with Gasteiger partial charge in [-0.3, -0.25) is 4.68 Å². The number of fused-ring (bicyclic) bond motifs is 1. The second kappa shape index (κ2) is 4.71. The van der Waals surface area contributed by atoms with Crippen LogP contribution in [0.3, 0.4) is 0 Å². The number of anilines is 1. The molecule has 3 heterocycles. The molecule has 3 aromatic rings. The number of hydrogen-bond acceptors (Lipinski definition) is 5. The lowest BCUT2D eigenvalue weighted by atomic mass is 10.2. The van der Waals surface area contributed by atoms with E-state index in [1.165, 1.54) is 4.88 Å². The van der Waals surface area contributed by atoms with Gasteiger partial charge in [-0.1, -0.05) is 11.6 Å². The molecule has 0 saturated carbocycles. The highest BCUT2D eigenvalue weighted by molar-refractivity contribution is 7.18. The smallest absolute Gasteiger partial charge is 0.153 e. The van der Waals surface area contributed by atoms with Crippen LogP contribution in [0.25, 0.3) is 10.2 Å². The summed E-state index contributed by atoms with van der Waals surface area (Å²) < 4.78 is 1.77. The van der Waals surface area contributed by atoms with Crippen molar-refractivity contribution >= 4 is 39.0 Å². The van der Waals surface area contributed by atoms with Crippen LogP contribution in [0.2, 0.25) is 5.02 Å². The summed E-state index contributed by atoms with van der Waals surface area (Å²) in [6.07, 6.45) is 1.62. The van der Waals surface area contributed by atoms with E-state index in [-0.39, 0.29) is 0 Å². The molecule has 3 rings (SSSR count). The van der Waals surface area contributed by atoms with Gasteiger partial charge >= 0.3 is 0 Å². The molecule has 0 bridgehead atoms. The zero-order valence-electron chi connectivity index (χ0n) is 11.4. The third-order valence-electron chi connectivity index (χ3n) is 3.44. The first-order valence-corrected chi connectivity index (χ1v) is 7.37. The highest BCUT2D eigenvalue weighted by Gasteiger charge is 2.14. The van der Waals surface area contributed by atoms with Crippen LogP contribution in [0.15, 0.2) is 6.20 Å². The molecule has 0 aromatic carbocycles. The van der Waals surface area contributed by atoms with Crippen LogP contribution in [-0.4, -0.2) is 19.7 Å². The molecular formula is C13H14ClN5S. The summed E-state index contributed by atoms with van der Waals surface area (Å²) in [6, 6.07) is 0. The van der Waals surface area contributed by atoms with Gasteiger partial charge in [-0.15, -0.1) is 11.3 Å². The molecule has 0 atom stereocenters. The lowest BCUT2D eigenvalue weighted by Gasteiger charge is -2.05. The molecule has 0 saturated heterocycles. The number of nitrogen functional groups attached to an aromatic ring is 1. The van der Waals surface area contributed by atoms with E-state index in [2.05, 4.69) is 22.0 Å². The van der Waals surface area contributed by atoms with Crippen molar-refractivity contribution in [2.24, 2.45) is 0 Å². The number of hydrogen-bond donors (Lipinski definition) is 1. The van der Waals surface area contributed by atoms with Crippen LogP contribution < -0.4 is 5.73 Å². The van der Waals surface area contributed by atoms with Crippen molar-refractivity contribution in [1.29, 1.82) is 0 Å². The summed E-state index contributed by atoms with van der Waals surface area (Å²) in [5.41, 5.74) is 8.12. The van der Waals surface area contributed by atoms with Crippen molar-refractivity contribution in [3.63, 3.8) is 0 Å². The Bertz CT molecular complexity index is 805. The van der Waals surface area contributed by atoms with Gasteiger partial charge in [0.1, 0.15) is 17.2 Å². The summed E-state index contributed by atoms with van der Waals surface area (Å²) in [4.78, 5) is 11.1. The lowest BCUT2D eigenvalue weighted by molar-refractivity contribution is 0.640. The molecular weight excluding hydrogens is 294 g/mol. The number of halogens is 1. The Morgan fingerprint density at radius 1 is 1.30 bits per heavy atom. The Labute approximate surface area is 125 Å². The molecule has 7 heteroatoms. The maximum Gasteiger partial charge on any atom is 0.153 e. The second-order valence-electron chi connectivity index (χ2n) is 4.72. The van der Waals surface area contributed by atoms with E-state index in [1.54, 1.807) is 22.2 Å². The van der Waals surface area contributed by atoms with Crippen molar-refractivity contribution < 1.29 is 0 Å². The molecule has 0 aliphatic carbocycles. The fourth-order valence-electron chi connectivity index (χ4n) is 2.11. The number of nitrogens with two attached hydrogens (primary N) is 1. The van der Waals surface area contributed by atoms with Gasteiger partial charge in [0.2, 0.25) is 0 Å². The average Bonchev–Trinajstić information content (AvgIpc) is 2.84. The molecule has 2 N–H and O–H groups in total. The predicted molar refractivity (Wildman–Crippen MR) is 82.4 cm³/mol. The van der Waals surface area contributed by atoms with Crippen LogP contribution >= 0.6 is 22.9 Å². The van der Waals surface area contributed by atoms with Gasteiger partial charge in [0.25, 0.3) is 0 Å². The standard InChI is InChI=1S/C13H14ClN5S/c1-6-8(3)20-13-11(6)12(15)17-10(18-13)5-19-7(2)9(14)4-16-19/h4H,5H2,1-3H3,(H2,15,17,18). The summed E-state index contributed by atoms with van der Waals surface area (Å²) >= 11 is 7.64. The van der Waals surface area contributed by atoms with Crippen molar-refractivity contribution in [2.45, 2.75) is 27.3 Å². The van der Waals surface area contributed by atoms with Crippen LogP contribution in [-0.2, 0) is 6.54 Å². The number of aromatic nitrogens is 4. The predicted octanol–water partition coefficient (Wildman–Crippen LogP) is 3.10. The first-order chi connectivity index (χ1) is 9.47. The van der Waals surface area contributed by atoms with Crippen LogP contribution in [0, 0.1) is 20.8 Å². The molecule has 20 heavy (non-hydrogen) atoms. The quantitative estimate of drug-likeness (QED) is 0.790. The maximum absolute atomic E-state index is 6.07. The lowest BCUT2D eigenvalue weighted by Crippen LogP contribution is -2.08. The Hall–Kier alpha value is -1.66. The summed E-state index contributed by atoms with van der Waals surface area (Å²) in [6.45, 7) is 6.49. The molecule has 0 aliphatic heterocycles. The molecule has 0 fully saturated rings. The maximum atomic E-state index is 6.07. The Morgan fingerprint density at radius 3 is 2.70 bits per heavy atom. The van der Waals surface area contributed by atoms with Crippen LogP contribution in [0.5, 0.6) is 0 Å². The zero-order chi connectivity index (χ0) is 14.4. The number of rotatable bonds is 2. The third-order valence-corrected chi connectivity index (χ3v) is 4.91. The van der Waals surface area contributed by atoms with Gasteiger partial charge in [0.15, 0.2) is 5.82 Å². The monoisotopic (exact) mass is 307 g/mol. The largest absolute Gasteiger partial charge is 0.383 e. The normalized spacial score (nSPS) is 11.4. The average molecular weight is 308 g/mol. The Balaban J connectivity index is 2.07. The van der Waals surface area contributed by atoms with Crippen molar-refractivity contribution in [3.8, 4) is 0 Å². The van der Waals surface area contributed by atoms with E-state index in [9.17, 15) is 0 Å². The van der Waals surface area contributed by atoms with Crippen LogP contribution in [0.1, 0.15) is 22.0 Å². The Kier molecular flexibility index (Phi) is 3.14. The summed E-state index contributed by atoms with van der Waals surface area (Å²) in [5, 5.41) is 5.82. The molecule has 0 radical (unpaired) electrons. The van der Waals surface area contributed by atoms with Crippen molar-refractivity contribution in [2.75, 3.05) is 5.73 Å². The summed E-state index contributed by atoms with van der Waals surface area (Å²) in [7, 11) is 0. The number of aryl methyl sites for hydroxylation is 2. The molecule has 104 valence electrons. The molecule has 0 unspecified atom stereocenters. The van der Waals surface area contributed by atoms with Gasteiger partial charge in [0.05, 0.1) is 22.3 Å². The van der Waals surface area contributed by atoms with Gasteiger partial charge < -0.3 is 5.73 Å². The second-order valence-corrected chi connectivity index (χ2v) is 6.33. The van der Waals surface area contributed by atoms with E-state index in [1.807, 2.05) is 13.8 Å². The van der Waals surface area contributed by atoms with E-state index in [0.717, 1.165) is 21.5 Å². The fourth-order valence-corrected chi connectivity index (χ4v) is 3.31. The van der Waals surface area contributed by atoms with E-state index < -0.39 is 0 Å². The highest BCUT2D eigenvalue weighted by atomic mass is 35.5. The van der Waals surface area contributed by atoms with Gasteiger partial charge in [-0.25, -0.2) is 9.97 Å². The number of nitrogens with zero attached hydrogens (tertiary/aromatic N) is 4. The van der Waals surface area contributed by atoms with E-state index >= 15 is 0 Å².